The number of rotatable bonds is 6. The number of nitrogens with one attached hydrogen (secondary N) is 1. The van der Waals surface area contributed by atoms with E-state index in [4.69, 9.17) is 0 Å². The zero-order chi connectivity index (χ0) is 15.9. The van der Waals surface area contributed by atoms with Gasteiger partial charge in [-0.25, -0.2) is 4.39 Å². The summed E-state index contributed by atoms with van der Waals surface area (Å²) in [4.78, 5) is 11.8. The largest absolute Gasteiger partial charge is 0.432 e. The second-order valence-corrected chi connectivity index (χ2v) is 4.56. The maximum Gasteiger partial charge on any atom is 0.387 e. The van der Waals surface area contributed by atoms with Gasteiger partial charge in [-0.3, -0.25) is 4.79 Å². The topological polar surface area (TPSA) is 38.3 Å². The van der Waals surface area contributed by atoms with E-state index in [0.717, 1.165) is 17.7 Å². The van der Waals surface area contributed by atoms with Gasteiger partial charge in [0, 0.05) is 18.2 Å². The van der Waals surface area contributed by atoms with Crippen LogP contribution in [-0.2, 0) is 11.2 Å². The third-order valence-electron chi connectivity index (χ3n) is 2.92. The number of aryl methyl sites for hydroxylation is 1. The molecule has 1 N–H and O–H groups in total. The Labute approximate surface area is 125 Å². The molecule has 0 spiro atoms. The van der Waals surface area contributed by atoms with Crippen LogP contribution in [0.5, 0.6) is 5.75 Å². The Morgan fingerprint density at radius 3 is 2.50 bits per heavy atom. The third-order valence-corrected chi connectivity index (χ3v) is 2.92. The van der Waals surface area contributed by atoms with Crippen LogP contribution < -0.4 is 10.1 Å². The summed E-state index contributed by atoms with van der Waals surface area (Å²) in [5, 5.41) is 2.51. The van der Waals surface area contributed by atoms with Crippen LogP contribution in [0.3, 0.4) is 0 Å². The van der Waals surface area contributed by atoms with Crippen molar-refractivity contribution in [1.29, 1.82) is 0 Å². The van der Waals surface area contributed by atoms with Gasteiger partial charge < -0.3 is 10.1 Å². The molecule has 0 heterocycles. The fourth-order valence-corrected chi connectivity index (χ4v) is 1.90. The van der Waals surface area contributed by atoms with Crippen LogP contribution in [0.1, 0.15) is 12.0 Å². The fraction of sp³-hybridized carbons (Fsp3) is 0.188. The minimum atomic E-state index is -3.10. The van der Waals surface area contributed by atoms with Gasteiger partial charge in [0.15, 0.2) is 11.6 Å². The summed E-state index contributed by atoms with van der Waals surface area (Å²) in [6.45, 7) is -3.10. The number of halogens is 3. The molecule has 0 fully saturated rings. The molecule has 0 aliphatic rings. The summed E-state index contributed by atoms with van der Waals surface area (Å²) in [5.41, 5.74) is 1.21. The molecular weight excluding hydrogens is 295 g/mol. The Morgan fingerprint density at radius 2 is 1.86 bits per heavy atom. The lowest BCUT2D eigenvalue weighted by molar-refractivity contribution is -0.116. The number of benzene rings is 2. The number of anilines is 1. The predicted octanol–water partition coefficient (Wildman–Crippen LogP) is 4.00. The van der Waals surface area contributed by atoms with Crippen LogP contribution in [0.25, 0.3) is 0 Å². The van der Waals surface area contributed by atoms with Crippen molar-refractivity contribution < 1.29 is 22.7 Å². The maximum absolute atomic E-state index is 13.5. The van der Waals surface area contributed by atoms with Gasteiger partial charge in [-0.2, -0.15) is 8.78 Å². The molecule has 2 aromatic carbocycles. The first kappa shape index (κ1) is 15.9. The van der Waals surface area contributed by atoms with E-state index in [-0.39, 0.29) is 18.0 Å². The highest BCUT2D eigenvalue weighted by Gasteiger charge is 2.11. The van der Waals surface area contributed by atoms with E-state index in [9.17, 15) is 18.0 Å². The minimum absolute atomic E-state index is 0.192. The van der Waals surface area contributed by atoms with E-state index >= 15 is 0 Å². The molecule has 0 aromatic heterocycles. The van der Waals surface area contributed by atoms with Crippen molar-refractivity contribution in [2.24, 2.45) is 0 Å². The van der Waals surface area contributed by atoms with Gasteiger partial charge in [0.2, 0.25) is 5.91 Å². The van der Waals surface area contributed by atoms with Gasteiger partial charge in [-0.05, 0) is 24.1 Å². The summed E-state index contributed by atoms with van der Waals surface area (Å²) in [6.07, 6.45) is 0.794. The number of hydrogen-bond acceptors (Lipinski definition) is 2. The Kier molecular flexibility index (Phi) is 5.41. The lowest BCUT2D eigenvalue weighted by atomic mass is 10.1. The molecule has 1 amide bonds. The summed E-state index contributed by atoms with van der Waals surface area (Å²) < 4.78 is 41.5. The standard InChI is InChI=1S/C16H14F3NO2/c17-13-10-12(7-8-14(13)22-16(18)19)20-15(21)9-6-11-4-2-1-3-5-11/h1-5,7-8,10,16H,6,9H2,(H,20,21). The molecule has 0 bridgehead atoms. The number of amides is 1. The van der Waals surface area contributed by atoms with Crippen molar-refractivity contribution in [3.8, 4) is 5.75 Å². The molecule has 2 aromatic rings. The Balaban J connectivity index is 1.90. The van der Waals surface area contributed by atoms with Crippen LogP contribution in [0.15, 0.2) is 48.5 Å². The fourth-order valence-electron chi connectivity index (χ4n) is 1.90. The summed E-state index contributed by atoms with van der Waals surface area (Å²) in [7, 11) is 0. The monoisotopic (exact) mass is 309 g/mol. The van der Waals surface area contributed by atoms with E-state index in [2.05, 4.69) is 10.1 Å². The molecule has 0 radical (unpaired) electrons. The normalized spacial score (nSPS) is 10.5. The summed E-state index contributed by atoms with van der Waals surface area (Å²) in [5.74, 6) is -1.80. The maximum atomic E-state index is 13.5. The lowest BCUT2D eigenvalue weighted by Gasteiger charge is -2.09. The molecule has 0 unspecified atom stereocenters. The molecule has 0 atom stereocenters. The van der Waals surface area contributed by atoms with E-state index in [1.807, 2.05) is 30.3 Å². The van der Waals surface area contributed by atoms with Crippen molar-refractivity contribution >= 4 is 11.6 Å². The van der Waals surface area contributed by atoms with Crippen LogP contribution >= 0.6 is 0 Å². The van der Waals surface area contributed by atoms with Crippen LogP contribution in [-0.4, -0.2) is 12.5 Å². The van der Waals surface area contributed by atoms with Crippen LogP contribution in [0, 0.1) is 5.82 Å². The van der Waals surface area contributed by atoms with Gasteiger partial charge in [0.1, 0.15) is 0 Å². The lowest BCUT2D eigenvalue weighted by Crippen LogP contribution is -2.12. The second kappa shape index (κ2) is 7.49. The second-order valence-electron chi connectivity index (χ2n) is 4.56. The average molecular weight is 309 g/mol. The van der Waals surface area contributed by atoms with Crippen LogP contribution in [0.4, 0.5) is 18.9 Å². The molecular formula is C16H14F3NO2. The third kappa shape index (κ3) is 4.80. The molecule has 6 heteroatoms. The van der Waals surface area contributed by atoms with Crippen molar-refractivity contribution in [3.05, 3.63) is 59.9 Å². The Hall–Kier alpha value is -2.50. The first-order chi connectivity index (χ1) is 10.5. The highest BCUT2D eigenvalue weighted by molar-refractivity contribution is 5.90. The van der Waals surface area contributed by atoms with Gasteiger partial charge in [-0.15, -0.1) is 0 Å². The molecule has 116 valence electrons. The average Bonchev–Trinajstić information content (AvgIpc) is 2.49. The Morgan fingerprint density at radius 1 is 1.14 bits per heavy atom. The number of ether oxygens (including phenoxy) is 1. The van der Waals surface area contributed by atoms with Crippen molar-refractivity contribution in [1.82, 2.24) is 0 Å². The van der Waals surface area contributed by atoms with Crippen molar-refractivity contribution in [2.75, 3.05) is 5.32 Å². The smallest absolute Gasteiger partial charge is 0.387 e. The molecule has 0 saturated carbocycles. The zero-order valence-electron chi connectivity index (χ0n) is 11.6. The van der Waals surface area contributed by atoms with E-state index in [1.54, 1.807) is 0 Å². The van der Waals surface area contributed by atoms with E-state index in [0.29, 0.717) is 6.42 Å². The number of carbonyl (C=O) groups is 1. The molecule has 0 aliphatic heterocycles. The first-order valence-electron chi connectivity index (χ1n) is 6.63. The van der Waals surface area contributed by atoms with Crippen molar-refractivity contribution in [3.63, 3.8) is 0 Å². The minimum Gasteiger partial charge on any atom is -0.432 e. The van der Waals surface area contributed by atoms with Gasteiger partial charge in [0.25, 0.3) is 0 Å². The highest BCUT2D eigenvalue weighted by atomic mass is 19.3. The quantitative estimate of drug-likeness (QED) is 0.876. The van der Waals surface area contributed by atoms with Gasteiger partial charge in [-0.1, -0.05) is 30.3 Å². The SMILES string of the molecule is O=C(CCc1ccccc1)Nc1ccc(OC(F)F)c(F)c1. The highest BCUT2D eigenvalue weighted by Crippen LogP contribution is 2.23. The van der Waals surface area contributed by atoms with E-state index in [1.165, 1.54) is 6.07 Å². The number of carbonyl (C=O) groups excluding carboxylic acids is 1. The first-order valence-corrected chi connectivity index (χ1v) is 6.63. The number of alkyl halides is 2. The Bertz CT molecular complexity index is 633. The molecule has 3 nitrogen and oxygen atoms in total. The predicted molar refractivity (Wildman–Crippen MR) is 76.4 cm³/mol. The van der Waals surface area contributed by atoms with Crippen LogP contribution in [0.2, 0.25) is 0 Å². The molecule has 2 rings (SSSR count). The van der Waals surface area contributed by atoms with Gasteiger partial charge in [0.05, 0.1) is 0 Å². The van der Waals surface area contributed by atoms with Crippen molar-refractivity contribution in [2.45, 2.75) is 19.5 Å². The summed E-state index contributed by atoms with van der Waals surface area (Å²) >= 11 is 0. The zero-order valence-corrected chi connectivity index (χ0v) is 11.6. The molecule has 0 aliphatic carbocycles. The summed E-state index contributed by atoms with van der Waals surface area (Å²) in [6, 6.07) is 12.8. The van der Waals surface area contributed by atoms with E-state index < -0.39 is 18.2 Å². The van der Waals surface area contributed by atoms with Gasteiger partial charge >= 0.3 is 6.61 Å². The molecule has 22 heavy (non-hydrogen) atoms. The molecule has 0 saturated heterocycles. The number of hydrogen-bond donors (Lipinski definition) is 1.